The number of nitrogen functional groups attached to an aromatic ring is 1. The molecule has 0 saturated heterocycles. The van der Waals surface area contributed by atoms with E-state index in [0.29, 0.717) is 37.3 Å². The third kappa shape index (κ3) is 6.19. The van der Waals surface area contributed by atoms with Gasteiger partial charge in [-0.15, -0.1) is 0 Å². The largest absolute Gasteiger partial charge is 0.399 e. The summed E-state index contributed by atoms with van der Waals surface area (Å²) in [4.78, 5) is 24.8. The van der Waals surface area contributed by atoms with E-state index in [2.05, 4.69) is 10.6 Å². The normalized spacial score (nSPS) is 10.3. The van der Waals surface area contributed by atoms with Gasteiger partial charge in [-0.2, -0.15) is 0 Å². The Morgan fingerprint density at radius 3 is 2.45 bits per heavy atom. The molecule has 110 valence electrons. The highest BCUT2D eigenvalue weighted by molar-refractivity contribution is 5.91. The molecular weight excluding hydrogens is 256 g/mol. The van der Waals surface area contributed by atoms with Gasteiger partial charge in [0.25, 0.3) is 0 Å². The molecule has 0 aliphatic rings. The van der Waals surface area contributed by atoms with Crippen LogP contribution in [0.4, 0.5) is 11.4 Å². The van der Waals surface area contributed by atoms with Crippen LogP contribution in [0.25, 0.3) is 0 Å². The zero-order valence-corrected chi connectivity index (χ0v) is 12.0. The minimum atomic E-state index is -0.0672. The van der Waals surface area contributed by atoms with Crippen molar-refractivity contribution in [1.82, 2.24) is 10.2 Å². The lowest BCUT2D eigenvalue weighted by Gasteiger charge is -2.15. The third-order valence-electron chi connectivity index (χ3n) is 2.89. The number of carbonyl (C=O) groups is 2. The maximum atomic E-state index is 11.8. The molecule has 1 rings (SSSR count). The smallest absolute Gasteiger partial charge is 0.225 e. The quantitative estimate of drug-likeness (QED) is 0.640. The highest BCUT2D eigenvalue weighted by Gasteiger charge is 2.07. The van der Waals surface area contributed by atoms with Crippen molar-refractivity contribution in [2.24, 2.45) is 0 Å². The molecule has 0 bridgehead atoms. The van der Waals surface area contributed by atoms with Crippen LogP contribution < -0.4 is 16.4 Å². The van der Waals surface area contributed by atoms with Crippen molar-refractivity contribution in [1.29, 1.82) is 0 Å². The summed E-state index contributed by atoms with van der Waals surface area (Å²) in [5, 5.41) is 5.36. The summed E-state index contributed by atoms with van der Waals surface area (Å²) in [6, 6.07) is 7.07. The zero-order chi connectivity index (χ0) is 15.0. The molecule has 6 nitrogen and oxygen atoms in total. The van der Waals surface area contributed by atoms with Crippen molar-refractivity contribution in [3.63, 3.8) is 0 Å². The van der Waals surface area contributed by atoms with E-state index in [1.165, 1.54) is 0 Å². The van der Waals surface area contributed by atoms with Gasteiger partial charge < -0.3 is 21.3 Å². The van der Waals surface area contributed by atoms with Gasteiger partial charge in [-0.05, 0) is 25.2 Å². The van der Waals surface area contributed by atoms with Gasteiger partial charge in [0, 0.05) is 44.4 Å². The van der Waals surface area contributed by atoms with Crippen LogP contribution in [0.3, 0.4) is 0 Å². The van der Waals surface area contributed by atoms with Crippen molar-refractivity contribution in [3.8, 4) is 0 Å². The van der Waals surface area contributed by atoms with Crippen LogP contribution in [0.5, 0.6) is 0 Å². The third-order valence-corrected chi connectivity index (χ3v) is 2.89. The lowest BCUT2D eigenvalue weighted by molar-refractivity contribution is -0.120. The number of nitrogens with zero attached hydrogens (tertiary/aromatic N) is 1. The summed E-state index contributed by atoms with van der Waals surface area (Å²) >= 11 is 0. The Hall–Kier alpha value is -2.08. The average Bonchev–Trinajstić information content (AvgIpc) is 2.42. The van der Waals surface area contributed by atoms with Crippen LogP contribution in [0, 0.1) is 0 Å². The molecule has 0 radical (unpaired) electrons. The van der Waals surface area contributed by atoms with E-state index in [1.807, 2.05) is 11.9 Å². The lowest BCUT2D eigenvalue weighted by atomic mass is 10.2. The van der Waals surface area contributed by atoms with Crippen LogP contribution in [-0.4, -0.2) is 43.9 Å². The summed E-state index contributed by atoms with van der Waals surface area (Å²) < 4.78 is 0. The Bertz CT molecular complexity index is 462. The first-order valence-electron chi connectivity index (χ1n) is 6.56. The molecule has 0 atom stereocenters. The van der Waals surface area contributed by atoms with Crippen molar-refractivity contribution in [2.45, 2.75) is 12.8 Å². The molecule has 1 aromatic rings. The Kier molecular flexibility index (Phi) is 6.52. The van der Waals surface area contributed by atoms with E-state index >= 15 is 0 Å². The number of benzene rings is 1. The molecule has 2 amide bonds. The van der Waals surface area contributed by atoms with Gasteiger partial charge in [-0.3, -0.25) is 9.59 Å². The second-order valence-corrected chi connectivity index (χ2v) is 4.65. The molecule has 0 aliphatic carbocycles. The maximum absolute atomic E-state index is 11.8. The fourth-order valence-electron chi connectivity index (χ4n) is 1.66. The van der Waals surface area contributed by atoms with Crippen molar-refractivity contribution in [3.05, 3.63) is 24.3 Å². The van der Waals surface area contributed by atoms with E-state index in [9.17, 15) is 9.59 Å². The maximum Gasteiger partial charge on any atom is 0.225 e. The number of carbonyl (C=O) groups excluding carboxylic acids is 2. The first-order valence-corrected chi connectivity index (χ1v) is 6.56. The van der Waals surface area contributed by atoms with Crippen molar-refractivity contribution < 1.29 is 9.59 Å². The van der Waals surface area contributed by atoms with Crippen molar-refractivity contribution >= 4 is 23.2 Å². The van der Waals surface area contributed by atoms with Gasteiger partial charge in [0.1, 0.15) is 0 Å². The number of nitrogens with one attached hydrogen (secondary N) is 2. The molecule has 6 heteroatoms. The zero-order valence-electron chi connectivity index (χ0n) is 12.0. The number of nitrogens with two attached hydrogens (primary N) is 1. The highest BCUT2D eigenvalue weighted by Crippen LogP contribution is 2.11. The Balaban J connectivity index is 2.27. The molecule has 4 N–H and O–H groups in total. The summed E-state index contributed by atoms with van der Waals surface area (Å²) in [5.41, 5.74) is 6.95. The first-order chi connectivity index (χ1) is 9.51. The molecule has 0 aliphatic heterocycles. The van der Waals surface area contributed by atoms with E-state index in [0.717, 1.165) is 0 Å². The van der Waals surface area contributed by atoms with Gasteiger partial charge in [0.05, 0.1) is 0 Å². The minimum absolute atomic E-state index is 0.000984. The average molecular weight is 278 g/mol. The number of amides is 2. The summed E-state index contributed by atoms with van der Waals surface area (Å²) in [7, 11) is 3.50. The number of rotatable bonds is 7. The number of hydrogen-bond donors (Lipinski definition) is 3. The molecule has 1 aromatic carbocycles. The van der Waals surface area contributed by atoms with Gasteiger partial charge in [-0.25, -0.2) is 0 Å². The van der Waals surface area contributed by atoms with Crippen LogP contribution in [0.2, 0.25) is 0 Å². The van der Waals surface area contributed by atoms with E-state index < -0.39 is 0 Å². The van der Waals surface area contributed by atoms with Gasteiger partial charge in [0.15, 0.2) is 0 Å². The Labute approximate surface area is 119 Å². The predicted molar refractivity (Wildman–Crippen MR) is 80.3 cm³/mol. The fraction of sp³-hybridized carbons (Fsp3) is 0.429. The second-order valence-electron chi connectivity index (χ2n) is 4.65. The minimum Gasteiger partial charge on any atom is -0.399 e. The SMILES string of the molecule is CNC(=O)CCN(C)CCC(=O)Nc1cccc(N)c1. The van der Waals surface area contributed by atoms with Gasteiger partial charge >= 0.3 is 0 Å². The molecule has 0 aromatic heterocycles. The summed E-state index contributed by atoms with van der Waals surface area (Å²) in [6.45, 7) is 1.23. The summed E-state index contributed by atoms with van der Waals surface area (Å²) in [6.07, 6.45) is 0.808. The van der Waals surface area contributed by atoms with Crippen molar-refractivity contribution in [2.75, 3.05) is 38.2 Å². The number of hydrogen-bond acceptors (Lipinski definition) is 4. The van der Waals surface area contributed by atoms with Crippen LogP contribution >= 0.6 is 0 Å². The monoisotopic (exact) mass is 278 g/mol. The van der Waals surface area contributed by atoms with Crippen LogP contribution in [0.1, 0.15) is 12.8 Å². The molecule has 20 heavy (non-hydrogen) atoms. The second kappa shape index (κ2) is 8.16. The molecule has 0 saturated carbocycles. The topological polar surface area (TPSA) is 87.5 Å². The Morgan fingerprint density at radius 1 is 1.20 bits per heavy atom. The lowest BCUT2D eigenvalue weighted by Crippen LogP contribution is -2.29. The summed E-state index contributed by atoms with van der Waals surface area (Å²) in [5.74, 6) is -0.0662. The van der Waals surface area contributed by atoms with E-state index in [-0.39, 0.29) is 11.8 Å². The van der Waals surface area contributed by atoms with Gasteiger partial charge in [0.2, 0.25) is 11.8 Å². The van der Waals surface area contributed by atoms with Crippen LogP contribution in [0.15, 0.2) is 24.3 Å². The fourth-order valence-corrected chi connectivity index (χ4v) is 1.66. The van der Waals surface area contributed by atoms with E-state index in [4.69, 9.17) is 5.73 Å². The standard InChI is InChI=1S/C14H22N4O2/c1-16-13(19)6-8-18(2)9-7-14(20)17-12-5-3-4-11(15)10-12/h3-5,10H,6-9,15H2,1-2H3,(H,16,19)(H,17,20). The van der Waals surface area contributed by atoms with E-state index in [1.54, 1.807) is 31.3 Å². The Morgan fingerprint density at radius 2 is 1.85 bits per heavy atom. The van der Waals surface area contributed by atoms with Crippen LogP contribution in [-0.2, 0) is 9.59 Å². The number of anilines is 2. The molecule has 0 unspecified atom stereocenters. The molecule has 0 heterocycles. The molecule has 0 fully saturated rings. The van der Waals surface area contributed by atoms with Gasteiger partial charge in [-0.1, -0.05) is 6.07 Å². The molecule has 0 spiro atoms. The first kappa shape index (κ1) is 16.0. The highest BCUT2D eigenvalue weighted by atomic mass is 16.2. The predicted octanol–water partition coefficient (Wildman–Crippen LogP) is 0.665. The molecular formula is C14H22N4O2.